The van der Waals surface area contributed by atoms with E-state index >= 15 is 0 Å². The molecule has 3 aromatic heterocycles. The van der Waals surface area contributed by atoms with Crippen LogP contribution in [0, 0.1) is 0 Å². The van der Waals surface area contributed by atoms with Crippen LogP contribution in [0.4, 0.5) is 9.80 Å². The lowest BCUT2D eigenvalue weighted by Gasteiger charge is -2.14. The van der Waals surface area contributed by atoms with Gasteiger partial charge in [-0.1, -0.05) is 0 Å². The summed E-state index contributed by atoms with van der Waals surface area (Å²) in [4.78, 5) is 11.9. The van der Waals surface area contributed by atoms with Crippen molar-refractivity contribution in [2.24, 2.45) is 0 Å². The summed E-state index contributed by atoms with van der Waals surface area (Å²) in [6.07, 6.45) is 1.65. The van der Waals surface area contributed by atoms with Crippen LogP contribution in [-0.2, 0) is 0 Å². The molecule has 108 valence electrons. The summed E-state index contributed by atoms with van der Waals surface area (Å²) in [5.74, 6) is 0.880. The molecule has 0 saturated carbocycles. The standard InChI is InChI=1S/C15H14N2O2S2/c18-15(17-14-4-2-7-21-14)16-9-12(11-5-8-20-10-11)13-3-1-6-19-13/h1-8,10,12H,9H2,(H2,16,17,18). The van der Waals surface area contributed by atoms with Crippen molar-refractivity contribution in [2.75, 3.05) is 11.9 Å². The first kappa shape index (κ1) is 13.9. The molecule has 0 aromatic carbocycles. The van der Waals surface area contributed by atoms with E-state index in [0.29, 0.717) is 6.54 Å². The second kappa shape index (κ2) is 6.60. The van der Waals surface area contributed by atoms with Crippen molar-refractivity contribution < 1.29 is 9.21 Å². The third kappa shape index (κ3) is 3.53. The van der Waals surface area contributed by atoms with E-state index in [1.54, 1.807) is 17.6 Å². The van der Waals surface area contributed by atoms with Gasteiger partial charge < -0.3 is 9.73 Å². The van der Waals surface area contributed by atoms with Crippen molar-refractivity contribution in [1.29, 1.82) is 0 Å². The summed E-state index contributed by atoms with van der Waals surface area (Å²) in [7, 11) is 0. The second-order valence-corrected chi connectivity index (χ2v) is 6.16. The van der Waals surface area contributed by atoms with Crippen molar-refractivity contribution in [3.05, 3.63) is 64.1 Å². The van der Waals surface area contributed by atoms with Gasteiger partial charge in [-0.05, 0) is 52.0 Å². The van der Waals surface area contributed by atoms with Gasteiger partial charge in [-0.2, -0.15) is 11.3 Å². The fourth-order valence-corrected chi connectivity index (χ4v) is 3.37. The number of rotatable bonds is 5. The first-order valence-electron chi connectivity index (χ1n) is 6.47. The van der Waals surface area contributed by atoms with Crippen molar-refractivity contribution in [3.63, 3.8) is 0 Å². The van der Waals surface area contributed by atoms with Crippen LogP contribution < -0.4 is 10.6 Å². The lowest BCUT2D eigenvalue weighted by atomic mass is 9.99. The molecule has 2 amide bonds. The Hall–Kier alpha value is -2.05. The summed E-state index contributed by atoms with van der Waals surface area (Å²) in [6.45, 7) is 0.488. The molecule has 3 rings (SSSR count). The molecular weight excluding hydrogens is 304 g/mol. The molecular formula is C15H14N2O2S2. The molecule has 1 atom stereocenters. The summed E-state index contributed by atoms with van der Waals surface area (Å²) in [5.41, 5.74) is 1.14. The number of carbonyl (C=O) groups is 1. The molecule has 3 aromatic rings. The first-order valence-corrected chi connectivity index (χ1v) is 8.29. The maximum Gasteiger partial charge on any atom is 0.319 e. The number of hydrogen-bond acceptors (Lipinski definition) is 4. The van der Waals surface area contributed by atoms with E-state index in [-0.39, 0.29) is 11.9 Å². The van der Waals surface area contributed by atoms with E-state index in [1.807, 2.05) is 35.0 Å². The molecule has 0 saturated heterocycles. The second-order valence-electron chi connectivity index (χ2n) is 4.44. The van der Waals surface area contributed by atoms with Crippen LogP contribution in [0.3, 0.4) is 0 Å². The van der Waals surface area contributed by atoms with Gasteiger partial charge in [0.05, 0.1) is 17.2 Å². The average molecular weight is 318 g/mol. The van der Waals surface area contributed by atoms with Crippen LogP contribution in [0.25, 0.3) is 0 Å². The van der Waals surface area contributed by atoms with Crippen LogP contribution in [-0.4, -0.2) is 12.6 Å². The van der Waals surface area contributed by atoms with E-state index in [9.17, 15) is 4.79 Å². The lowest BCUT2D eigenvalue weighted by molar-refractivity contribution is 0.251. The van der Waals surface area contributed by atoms with Crippen molar-refractivity contribution in [1.82, 2.24) is 5.32 Å². The van der Waals surface area contributed by atoms with E-state index in [0.717, 1.165) is 16.3 Å². The van der Waals surface area contributed by atoms with Crippen LogP contribution in [0.5, 0.6) is 0 Å². The minimum absolute atomic E-state index is 0.0281. The molecule has 6 heteroatoms. The molecule has 0 spiro atoms. The van der Waals surface area contributed by atoms with Crippen LogP contribution in [0.1, 0.15) is 17.2 Å². The molecule has 0 aliphatic rings. The molecule has 0 aliphatic heterocycles. The normalized spacial score (nSPS) is 12.0. The highest BCUT2D eigenvalue weighted by Crippen LogP contribution is 2.26. The topological polar surface area (TPSA) is 54.3 Å². The smallest absolute Gasteiger partial charge is 0.319 e. The predicted molar refractivity (Wildman–Crippen MR) is 86.2 cm³/mol. The molecule has 21 heavy (non-hydrogen) atoms. The molecule has 3 heterocycles. The fourth-order valence-electron chi connectivity index (χ4n) is 2.05. The summed E-state index contributed by atoms with van der Waals surface area (Å²) < 4.78 is 5.49. The third-order valence-corrected chi connectivity index (χ3v) is 4.54. The zero-order valence-corrected chi connectivity index (χ0v) is 12.7. The van der Waals surface area contributed by atoms with Gasteiger partial charge in [0, 0.05) is 6.54 Å². The predicted octanol–water partition coefficient (Wildman–Crippen LogP) is 4.36. The molecule has 1 unspecified atom stereocenters. The number of amides is 2. The van der Waals surface area contributed by atoms with Gasteiger partial charge in [0.2, 0.25) is 0 Å². The molecule has 0 fully saturated rings. The van der Waals surface area contributed by atoms with Crippen molar-refractivity contribution in [3.8, 4) is 0 Å². The number of urea groups is 1. The van der Waals surface area contributed by atoms with Gasteiger partial charge in [0.1, 0.15) is 5.76 Å². The quantitative estimate of drug-likeness (QED) is 0.734. The number of anilines is 1. The van der Waals surface area contributed by atoms with Crippen LogP contribution >= 0.6 is 22.7 Å². The zero-order valence-electron chi connectivity index (χ0n) is 11.1. The lowest BCUT2D eigenvalue weighted by Crippen LogP contribution is -2.32. The van der Waals surface area contributed by atoms with E-state index < -0.39 is 0 Å². The van der Waals surface area contributed by atoms with Gasteiger partial charge in [-0.15, -0.1) is 11.3 Å². The van der Waals surface area contributed by atoms with Gasteiger partial charge in [0.25, 0.3) is 0 Å². The van der Waals surface area contributed by atoms with E-state index in [2.05, 4.69) is 22.1 Å². The maximum absolute atomic E-state index is 11.9. The zero-order chi connectivity index (χ0) is 14.5. The highest BCUT2D eigenvalue weighted by atomic mass is 32.1. The molecule has 0 radical (unpaired) electrons. The largest absolute Gasteiger partial charge is 0.469 e. The monoisotopic (exact) mass is 318 g/mol. The fraction of sp³-hybridized carbons (Fsp3) is 0.133. The minimum Gasteiger partial charge on any atom is -0.469 e. The van der Waals surface area contributed by atoms with Crippen molar-refractivity contribution in [2.45, 2.75) is 5.92 Å². The third-order valence-electron chi connectivity index (χ3n) is 3.06. The van der Waals surface area contributed by atoms with Gasteiger partial charge in [-0.25, -0.2) is 4.79 Å². The van der Waals surface area contributed by atoms with Gasteiger partial charge in [-0.3, -0.25) is 5.32 Å². The van der Waals surface area contributed by atoms with Gasteiger partial charge in [0.15, 0.2) is 0 Å². The Labute approximate surface area is 130 Å². The number of nitrogens with one attached hydrogen (secondary N) is 2. The summed E-state index contributed by atoms with van der Waals surface area (Å²) >= 11 is 3.13. The first-order chi connectivity index (χ1) is 10.3. The molecule has 4 nitrogen and oxygen atoms in total. The Morgan fingerprint density at radius 2 is 2.19 bits per heavy atom. The van der Waals surface area contributed by atoms with E-state index in [1.165, 1.54) is 11.3 Å². The van der Waals surface area contributed by atoms with E-state index in [4.69, 9.17) is 4.42 Å². The Balaban J connectivity index is 1.64. The highest BCUT2D eigenvalue weighted by Gasteiger charge is 2.18. The number of carbonyl (C=O) groups excluding carboxylic acids is 1. The minimum atomic E-state index is -0.204. The van der Waals surface area contributed by atoms with Crippen molar-refractivity contribution >= 4 is 33.7 Å². The summed E-state index contributed by atoms with van der Waals surface area (Å²) in [5, 5.41) is 12.6. The number of furan rings is 1. The summed E-state index contributed by atoms with van der Waals surface area (Å²) in [6, 6.07) is 9.41. The van der Waals surface area contributed by atoms with Crippen LogP contribution in [0.15, 0.2) is 57.2 Å². The Morgan fingerprint density at radius 1 is 1.24 bits per heavy atom. The Kier molecular flexibility index (Phi) is 4.37. The number of hydrogen-bond donors (Lipinski definition) is 2. The maximum atomic E-state index is 11.9. The Morgan fingerprint density at radius 3 is 2.86 bits per heavy atom. The van der Waals surface area contributed by atoms with Gasteiger partial charge >= 0.3 is 6.03 Å². The average Bonchev–Trinajstić information content (AvgIpc) is 3.23. The molecule has 2 N–H and O–H groups in total. The SMILES string of the molecule is O=C(NCC(c1ccsc1)c1ccco1)Nc1cccs1. The Bertz CT molecular complexity index is 626. The highest BCUT2D eigenvalue weighted by molar-refractivity contribution is 7.14. The number of thiophene rings is 2. The molecule has 0 bridgehead atoms. The molecule has 0 aliphatic carbocycles. The van der Waals surface area contributed by atoms with Crippen LogP contribution in [0.2, 0.25) is 0 Å².